The molecule has 1 aromatic rings. The van der Waals surface area contributed by atoms with Crippen LogP contribution in [-0.2, 0) is 4.74 Å². The maximum atomic E-state index is 13.6. The molecule has 0 radical (unpaired) electrons. The highest BCUT2D eigenvalue weighted by molar-refractivity contribution is 6.30. The fraction of sp³-hybridized carbons (Fsp3) is 0.462. The molecule has 2 rings (SSSR count). The van der Waals surface area contributed by atoms with E-state index in [9.17, 15) is 4.39 Å². The minimum Gasteiger partial charge on any atom is -0.377 e. The molecule has 1 fully saturated rings. The first-order valence-electron chi connectivity index (χ1n) is 5.90. The van der Waals surface area contributed by atoms with Gasteiger partial charge in [-0.05, 0) is 31.0 Å². The average molecular weight is 269 g/mol. The van der Waals surface area contributed by atoms with Crippen molar-refractivity contribution in [1.82, 2.24) is 5.32 Å². The lowest BCUT2D eigenvalue weighted by Crippen LogP contribution is -2.29. The molecule has 2 unspecified atom stereocenters. The first-order valence-corrected chi connectivity index (χ1v) is 6.28. The second kappa shape index (κ2) is 6.14. The third kappa shape index (κ3) is 3.20. The van der Waals surface area contributed by atoms with Crippen molar-refractivity contribution >= 4 is 11.6 Å². The standard InChI is InChI=1S/C13H14ClFN2O/c14-9-3-4-12(15)11(6-9)13(7-16)17-8-10-2-1-5-18-10/h3-4,6,10,13,17H,1-2,5,8H2. The number of benzene rings is 1. The molecule has 2 atom stereocenters. The molecule has 3 nitrogen and oxygen atoms in total. The SMILES string of the molecule is N#CC(NCC1CCCO1)c1cc(Cl)ccc1F. The van der Waals surface area contributed by atoms with E-state index in [1.807, 2.05) is 6.07 Å². The van der Waals surface area contributed by atoms with Crippen LogP contribution in [0.15, 0.2) is 18.2 Å². The molecule has 96 valence electrons. The zero-order valence-electron chi connectivity index (χ0n) is 9.83. The van der Waals surface area contributed by atoms with E-state index < -0.39 is 11.9 Å². The van der Waals surface area contributed by atoms with E-state index in [1.54, 1.807) is 0 Å². The summed E-state index contributed by atoms with van der Waals surface area (Å²) in [6.45, 7) is 1.30. The van der Waals surface area contributed by atoms with E-state index >= 15 is 0 Å². The van der Waals surface area contributed by atoms with Crippen LogP contribution < -0.4 is 5.32 Å². The van der Waals surface area contributed by atoms with Crippen LogP contribution in [0, 0.1) is 17.1 Å². The summed E-state index contributed by atoms with van der Waals surface area (Å²) in [5, 5.41) is 12.5. The van der Waals surface area contributed by atoms with Crippen molar-refractivity contribution < 1.29 is 9.13 Å². The Morgan fingerprint density at radius 1 is 1.61 bits per heavy atom. The molecule has 0 aromatic heterocycles. The van der Waals surface area contributed by atoms with Gasteiger partial charge in [-0.25, -0.2) is 4.39 Å². The summed E-state index contributed by atoms with van der Waals surface area (Å²) in [6.07, 6.45) is 2.13. The smallest absolute Gasteiger partial charge is 0.129 e. The second-order valence-electron chi connectivity index (χ2n) is 4.27. The Morgan fingerprint density at radius 3 is 3.11 bits per heavy atom. The summed E-state index contributed by atoms with van der Waals surface area (Å²) in [4.78, 5) is 0. The number of nitrogens with zero attached hydrogens (tertiary/aromatic N) is 1. The number of nitriles is 1. The molecule has 1 aliphatic rings. The third-order valence-corrected chi connectivity index (χ3v) is 3.21. The molecule has 1 aromatic carbocycles. The summed E-state index contributed by atoms with van der Waals surface area (Å²) in [6, 6.07) is 5.56. The number of hydrogen-bond donors (Lipinski definition) is 1. The number of hydrogen-bond acceptors (Lipinski definition) is 3. The molecule has 0 saturated carbocycles. The molecule has 0 spiro atoms. The Balaban J connectivity index is 2.03. The lowest BCUT2D eigenvalue weighted by Gasteiger charge is -2.16. The zero-order valence-corrected chi connectivity index (χ0v) is 10.6. The van der Waals surface area contributed by atoms with Crippen molar-refractivity contribution in [1.29, 1.82) is 5.26 Å². The molecule has 1 heterocycles. The van der Waals surface area contributed by atoms with Gasteiger partial charge in [0.2, 0.25) is 0 Å². The summed E-state index contributed by atoms with van der Waals surface area (Å²) < 4.78 is 19.1. The van der Waals surface area contributed by atoms with Crippen molar-refractivity contribution in [2.45, 2.75) is 25.0 Å². The first kappa shape index (κ1) is 13.3. The van der Waals surface area contributed by atoms with Gasteiger partial charge in [0.15, 0.2) is 0 Å². The van der Waals surface area contributed by atoms with Crippen molar-refractivity contribution in [3.63, 3.8) is 0 Å². The van der Waals surface area contributed by atoms with Gasteiger partial charge in [0, 0.05) is 23.7 Å². The predicted molar refractivity (Wildman–Crippen MR) is 66.7 cm³/mol. The van der Waals surface area contributed by atoms with Gasteiger partial charge in [-0.1, -0.05) is 11.6 Å². The molecule has 18 heavy (non-hydrogen) atoms. The monoisotopic (exact) mass is 268 g/mol. The average Bonchev–Trinajstić information content (AvgIpc) is 2.87. The van der Waals surface area contributed by atoms with E-state index in [2.05, 4.69) is 5.32 Å². The van der Waals surface area contributed by atoms with Crippen molar-refractivity contribution in [2.24, 2.45) is 0 Å². The molecule has 0 aliphatic carbocycles. The van der Waals surface area contributed by atoms with Gasteiger partial charge in [0.25, 0.3) is 0 Å². The first-order chi connectivity index (χ1) is 8.70. The third-order valence-electron chi connectivity index (χ3n) is 2.97. The summed E-state index contributed by atoms with van der Waals surface area (Å²) in [7, 11) is 0. The largest absolute Gasteiger partial charge is 0.377 e. The maximum Gasteiger partial charge on any atom is 0.129 e. The second-order valence-corrected chi connectivity index (χ2v) is 4.71. The summed E-state index contributed by atoms with van der Waals surface area (Å²) in [5.41, 5.74) is 0.281. The van der Waals surface area contributed by atoms with Crippen molar-refractivity contribution in [3.05, 3.63) is 34.6 Å². The minimum atomic E-state index is -0.701. The van der Waals surface area contributed by atoms with Gasteiger partial charge in [0.1, 0.15) is 11.9 Å². The highest BCUT2D eigenvalue weighted by atomic mass is 35.5. The van der Waals surface area contributed by atoms with Crippen LogP contribution in [0.25, 0.3) is 0 Å². The van der Waals surface area contributed by atoms with E-state index in [1.165, 1.54) is 18.2 Å². The Morgan fingerprint density at radius 2 is 2.44 bits per heavy atom. The lowest BCUT2D eigenvalue weighted by atomic mass is 10.1. The maximum absolute atomic E-state index is 13.6. The fourth-order valence-electron chi connectivity index (χ4n) is 2.02. The van der Waals surface area contributed by atoms with Crippen LogP contribution in [0.2, 0.25) is 5.02 Å². The molecular formula is C13H14ClFN2O. The number of nitrogens with one attached hydrogen (secondary N) is 1. The Labute approximate surface area is 111 Å². The van der Waals surface area contributed by atoms with E-state index in [4.69, 9.17) is 21.6 Å². The van der Waals surface area contributed by atoms with Gasteiger partial charge in [-0.2, -0.15) is 5.26 Å². The Kier molecular flexibility index (Phi) is 4.54. The molecule has 5 heteroatoms. The van der Waals surface area contributed by atoms with E-state index in [0.717, 1.165) is 19.4 Å². The Bertz CT molecular complexity index is 455. The Hall–Kier alpha value is -1.15. The van der Waals surface area contributed by atoms with Crippen LogP contribution in [0.4, 0.5) is 4.39 Å². The van der Waals surface area contributed by atoms with Crippen molar-refractivity contribution in [2.75, 3.05) is 13.2 Å². The highest BCUT2D eigenvalue weighted by Gasteiger charge is 2.20. The van der Waals surface area contributed by atoms with E-state index in [0.29, 0.717) is 11.6 Å². The number of ether oxygens (including phenoxy) is 1. The van der Waals surface area contributed by atoms with Crippen LogP contribution in [-0.4, -0.2) is 19.3 Å². The number of rotatable bonds is 4. The number of halogens is 2. The molecule has 0 amide bonds. The fourth-order valence-corrected chi connectivity index (χ4v) is 2.20. The topological polar surface area (TPSA) is 45.0 Å². The predicted octanol–water partition coefficient (Wildman–Crippen LogP) is 2.81. The van der Waals surface area contributed by atoms with Gasteiger partial charge in [-0.3, -0.25) is 5.32 Å². The van der Waals surface area contributed by atoms with Gasteiger partial charge in [-0.15, -0.1) is 0 Å². The molecular weight excluding hydrogens is 255 g/mol. The quantitative estimate of drug-likeness (QED) is 0.913. The van der Waals surface area contributed by atoms with Crippen molar-refractivity contribution in [3.8, 4) is 6.07 Å². The highest BCUT2D eigenvalue weighted by Crippen LogP contribution is 2.21. The molecule has 1 saturated heterocycles. The van der Waals surface area contributed by atoms with Gasteiger partial charge < -0.3 is 4.74 Å². The molecule has 1 N–H and O–H groups in total. The normalized spacial score (nSPS) is 20.6. The zero-order chi connectivity index (χ0) is 13.0. The lowest BCUT2D eigenvalue weighted by molar-refractivity contribution is 0.109. The summed E-state index contributed by atoms with van der Waals surface area (Å²) in [5.74, 6) is -0.425. The molecule has 0 bridgehead atoms. The summed E-state index contributed by atoms with van der Waals surface area (Å²) >= 11 is 5.82. The van der Waals surface area contributed by atoms with Crippen LogP contribution in [0.1, 0.15) is 24.4 Å². The van der Waals surface area contributed by atoms with Crippen LogP contribution in [0.3, 0.4) is 0 Å². The minimum absolute atomic E-state index is 0.114. The van der Waals surface area contributed by atoms with Crippen LogP contribution in [0.5, 0.6) is 0 Å². The van der Waals surface area contributed by atoms with Gasteiger partial charge in [0.05, 0.1) is 12.2 Å². The molecule has 1 aliphatic heterocycles. The van der Waals surface area contributed by atoms with Gasteiger partial charge >= 0.3 is 0 Å². The van der Waals surface area contributed by atoms with Crippen LogP contribution >= 0.6 is 11.6 Å². The van der Waals surface area contributed by atoms with E-state index in [-0.39, 0.29) is 11.7 Å².